The second-order valence-corrected chi connectivity index (χ2v) is 8.43. The molecule has 3 aromatic rings. The molecule has 0 bridgehead atoms. The van der Waals surface area contributed by atoms with Gasteiger partial charge in [0.15, 0.2) is 0 Å². The van der Waals surface area contributed by atoms with Crippen molar-refractivity contribution in [3.05, 3.63) is 89.2 Å². The zero-order valence-corrected chi connectivity index (χ0v) is 18.7. The fourth-order valence-electron chi connectivity index (χ4n) is 4.29. The van der Waals surface area contributed by atoms with Crippen molar-refractivity contribution in [1.82, 2.24) is 9.47 Å². The molecule has 4 rings (SSSR count). The van der Waals surface area contributed by atoms with Gasteiger partial charge in [-0.2, -0.15) is 0 Å². The van der Waals surface area contributed by atoms with Gasteiger partial charge in [-0.25, -0.2) is 0 Å². The van der Waals surface area contributed by atoms with Crippen molar-refractivity contribution in [3.8, 4) is 5.75 Å². The monoisotopic (exact) mass is 404 g/mol. The quantitative estimate of drug-likeness (QED) is 0.539. The van der Waals surface area contributed by atoms with Crippen LogP contribution in [-0.4, -0.2) is 34.7 Å². The molecule has 2 heterocycles. The molecular weight excluding hydrogens is 368 g/mol. The fourth-order valence-corrected chi connectivity index (χ4v) is 4.29. The lowest BCUT2D eigenvalue weighted by Crippen LogP contribution is -2.25. The van der Waals surface area contributed by atoms with Crippen LogP contribution in [0.3, 0.4) is 0 Å². The Hall–Kier alpha value is -2.52. The lowest BCUT2D eigenvalue weighted by atomic mass is 10.0. The third-order valence-corrected chi connectivity index (χ3v) is 6.00. The largest absolute Gasteiger partial charge is 0.508 e. The molecule has 1 aromatic heterocycles. The van der Waals surface area contributed by atoms with Gasteiger partial charge in [0.05, 0.1) is 0 Å². The van der Waals surface area contributed by atoms with Crippen LogP contribution in [0.1, 0.15) is 48.2 Å². The average Bonchev–Trinajstić information content (AvgIpc) is 3.34. The van der Waals surface area contributed by atoms with Crippen LogP contribution in [0, 0.1) is 6.92 Å². The predicted octanol–water partition coefficient (Wildman–Crippen LogP) is 5.80. The maximum absolute atomic E-state index is 8.76. The number of hydrogen-bond acceptors (Lipinski definition) is 2. The molecule has 1 aliphatic heterocycles. The van der Waals surface area contributed by atoms with Gasteiger partial charge in [-0.15, -0.1) is 0 Å². The van der Waals surface area contributed by atoms with E-state index in [-0.39, 0.29) is 0 Å². The minimum atomic E-state index is 0.329. The number of hydrogen-bond donors (Lipinski definition) is 1. The maximum Gasteiger partial charge on any atom is 0.115 e. The van der Waals surface area contributed by atoms with Crippen molar-refractivity contribution in [2.75, 3.05) is 20.1 Å². The molecule has 0 radical (unpaired) electrons. The number of rotatable bonds is 7. The van der Waals surface area contributed by atoms with Gasteiger partial charge in [-0.05, 0) is 76.0 Å². The average molecular weight is 405 g/mol. The first-order chi connectivity index (χ1) is 14.6. The number of phenols is 1. The molecule has 0 saturated heterocycles. The molecule has 160 valence electrons. The SMILES string of the molecule is CCc1ccc2n1CCC2CN(C)CCCc1ccccc1.Cc1ccc(O)cc1. The van der Waals surface area contributed by atoms with Crippen LogP contribution in [0.2, 0.25) is 0 Å². The van der Waals surface area contributed by atoms with Crippen LogP contribution >= 0.6 is 0 Å². The Morgan fingerprint density at radius 2 is 1.73 bits per heavy atom. The van der Waals surface area contributed by atoms with Crippen molar-refractivity contribution in [2.45, 2.75) is 52.0 Å². The van der Waals surface area contributed by atoms with E-state index in [1.807, 2.05) is 19.1 Å². The zero-order valence-electron chi connectivity index (χ0n) is 18.7. The van der Waals surface area contributed by atoms with E-state index in [1.54, 1.807) is 17.8 Å². The highest BCUT2D eigenvalue weighted by atomic mass is 16.3. The standard InChI is InChI=1S/C20H28N2.C7H8O/c1-3-19-11-12-20-18(13-15-22(19)20)16-21(2)14-7-10-17-8-5-4-6-9-17;1-6-2-4-7(8)5-3-6/h4-6,8-9,11-12,18H,3,7,10,13-16H2,1-2H3;2-5,8H,1H3. The highest BCUT2D eigenvalue weighted by molar-refractivity contribution is 5.25. The maximum atomic E-state index is 8.76. The van der Waals surface area contributed by atoms with E-state index in [2.05, 4.69) is 65.9 Å². The first-order valence-corrected chi connectivity index (χ1v) is 11.2. The van der Waals surface area contributed by atoms with Crippen molar-refractivity contribution in [3.63, 3.8) is 0 Å². The van der Waals surface area contributed by atoms with Gasteiger partial charge in [0.2, 0.25) is 0 Å². The van der Waals surface area contributed by atoms with Crippen LogP contribution in [0.5, 0.6) is 5.75 Å². The Labute approximate surface area is 182 Å². The molecule has 0 aliphatic carbocycles. The molecule has 2 aromatic carbocycles. The Kier molecular flexibility index (Phi) is 8.15. The molecule has 30 heavy (non-hydrogen) atoms. The molecule has 3 nitrogen and oxygen atoms in total. The minimum absolute atomic E-state index is 0.329. The summed E-state index contributed by atoms with van der Waals surface area (Å²) in [4.78, 5) is 2.52. The molecule has 1 unspecified atom stereocenters. The Morgan fingerprint density at radius 1 is 1.00 bits per heavy atom. The third-order valence-electron chi connectivity index (χ3n) is 6.00. The number of phenolic OH excluding ortho intramolecular Hbond substituents is 1. The van der Waals surface area contributed by atoms with E-state index >= 15 is 0 Å². The van der Waals surface area contributed by atoms with E-state index < -0.39 is 0 Å². The fraction of sp³-hybridized carbons (Fsp3) is 0.407. The smallest absolute Gasteiger partial charge is 0.115 e. The zero-order chi connectivity index (χ0) is 21.3. The topological polar surface area (TPSA) is 28.4 Å². The highest BCUT2D eigenvalue weighted by Gasteiger charge is 2.24. The molecular formula is C27H36N2O. The summed E-state index contributed by atoms with van der Waals surface area (Å²) in [6.45, 7) is 7.84. The van der Waals surface area contributed by atoms with E-state index in [1.165, 1.54) is 55.7 Å². The number of benzene rings is 2. The van der Waals surface area contributed by atoms with Gasteiger partial charge < -0.3 is 14.6 Å². The summed E-state index contributed by atoms with van der Waals surface area (Å²) in [5, 5.41) is 8.76. The first-order valence-electron chi connectivity index (χ1n) is 11.2. The number of nitrogens with zero attached hydrogens (tertiary/aromatic N) is 2. The van der Waals surface area contributed by atoms with Crippen LogP contribution in [-0.2, 0) is 19.4 Å². The van der Waals surface area contributed by atoms with Crippen LogP contribution in [0.25, 0.3) is 0 Å². The van der Waals surface area contributed by atoms with Gasteiger partial charge in [0.1, 0.15) is 5.75 Å². The molecule has 0 fully saturated rings. The summed E-state index contributed by atoms with van der Waals surface area (Å²) < 4.78 is 2.54. The second kappa shape index (κ2) is 11.0. The van der Waals surface area contributed by atoms with Crippen LogP contribution in [0.15, 0.2) is 66.7 Å². The normalized spacial score (nSPS) is 15.0. The summed E-state index contributed by atoms with van der Waals surface area (Å²) in [7, 11) is 2.28. The number of aromatic nitrogens is 1. The van der Waals surface area contributed by atoms with Gasteiger partial charge in [0.25, 0.3) is 0 Å². The second-order valence-electron chi connectivity index (χ2n) is 8.43. The summed E-state index contributed by atoms with van der Waals surface area (Å²) >= 11 is 0. The van der Waals surface area contributed by atoms with Crippen molar-refractivity contribution >= 4 is 0 Å². The number of aryl methyl sites for hydroxylation is 3. The molecule has 1 aliphatic rings. The molecule has 3 heteroatoms. The predicted molar refractivity (Wildman–Crippen MR) is 126 cm³/mol. The van der Waals surface area contributed by atoms with Crippen LogP contribution < -0.4 is 0 Å². The number of aromatic hydroxyl groups is 1. The number of fused-ring (bicyclic) bond motifs is 1. The Morgan fingerprint density at radius 3 is 2.40 bits per heavy atom. The van der Waals surface area contributed by atoms with E-state index in [0.29, 0.717) is 5.75 Å². The highest BCUT2D eigenvalue weighted by Crippen LogP contribution is 2.31. The van der Waals surface area contributed by atoms with E-state index in [9.17, 15) is 0 Å². The third kappa shape index (κ3) is 6.24. The lowest BCUT2D eigenvalue weighted by molar-refractivity contribution is 0.306. The first kappa shape index (κ1) is 22.2. The lowest BCUT2D eigenvalue weighted by Gasteiger charge is -2.20. The van der Waals surface area contributed by atoms with Gasteiger partial charge in [-0.3, -0.25) is 0 Å². The molecule has 1 atom stereocenters. The van der Waals surface area contributed by atoms with Gasteiger partial charge >= 0.3 is 0 Å². The summed E-state index contributed by atoms with van der Waals surface area (Å²) in [6, 6.07) is 22.6. The van der Waals surface area contributed by atoms with Crippen molar-refractivity contribution in [1.29, 1.82) is 0 Å². The van der Waals surface area contributed by atoms with Crippen molar-refractivity contribution < 1.29 is 5.11 Å². The van der Waals surface area contributed by atoms with Crippen LogP contribution in [0.4, 0.5) is 0 Å². The van der Waals surface area contributed by atoms with Gasteiger partial charge in [0, 0.05) is 30.4 Å². The number of likely N-dealkylation sites (N-methyl/N-ethyl adjacent to an activating group) is 1. The summed E-state index contributed by atoms with van der Waals surface area (Å²) in [6.07, 6.45) is 4.90. The summed E-state index contributed by atoms with van der Waals surface area (Å²) in [5.74, 6) is 1.05. The Balaban J connectivity index is 0.000000269. The molecule has 0 amide bonds. The minimum Gasteiger partial charge on any atom is -0.508 e. The Bertz CT molecular complexity index is 862. The summed E-state index contributed by atoms with van der Waals surface area (Å²) in [5.41, 5.74) is 5.69. The molecule has 0 spiro atoms. The van der Waals surface area contributed by atoms with E-state index in [0.717, 1.165) is 12.3 Å². The molecule has 1 N–H and O–H groups in total. The van der Waals surface area contributed by atoms with Gasteiger partial charge in [-0.1, -0.05) is 55.0 Å². The van der Waals surface area contributed by atoms with Crippen molar-refractivity contribution in [2.24, 2.45) is 0 Å². The van der Waals surface area contributed by atoms with E-state index in [4.69, 9.17) is 5.11 Å². The molecule has 0 saturated carbocycles.